The highest BCUT2D eigenvalue weighted by molar-refractivity contribution is 6.30. The number of nitrogens with zero attached hydrogens (tertiary/aromatic N) is 4. The van der Waals surface area contributed by atoms with Gasteiger partial charge in [0.05, 0.1) is 5.69 Å². The molecular weight excluding hydrogens is 473 g/mol. The molecule has 0 saturated carbocycles. The van der Waals surface area contributed by atoms with Crippen LogP contribution in [0.1, 0.15) is 5.56 Å². The maximum Gasteiger partial charge on any atom is 0.365 e. The minimum Gasteiger partial charge on any atom is -0.402 e. The van der Waals surface area contributed by atoms with Gasteiger partial charge in [0.1, 0.15) is 0 Å². The molecule has 2 aliphatic heterocycles. The molecule has 2 heterocycles. The van der Waals surface area contributed by atoms with Crippen molar-refractivity contribution in [2.24, 2.45) is 15.7 Å². The van der Waals surface area contributed by atoms with Gasteiger partial charge < -0.3 is 20.3 Å². The smallest absolute Gasteiger partial charge is 0.365 e. The van der Waals surface area contributed by atoms with Crippen molar-refractivity contribution in [1.29, 1.82) is 0 Å². The highest BCUT2D eigenvalue weighted by atomic mass is 35.5. The van der Waals surface area contributed by atoms with Gasteiger partial charge >= 0.3 is 5.97 Å². The van der Waals surface area contributed by atoms with Gasteiger partial charge in [0.25, 0.3) is 0 Å². The molecular formula is C25H23Cl2N5O2. The van der Waals surface area contributed by atoms with E-state index in [1.165, 1.54) is 0 Å². The normalized spacial score (nSPS) is 17.6. The van der Waals surface area contributed by atoms with Crippen LogP contribution in [0.3, 0.4) is 0 Å². The lowest BCUT2D eigenvalue weighted by Gasteiger charge is -2.34. The van der Waals surface area contributed by atoms with Crippen LogP contribution in [0, 0.1) is 0 Å². The van der Waals surface area contributed by atoms with Crippen LogP contribution < -0.4 is 5.73 Å². The van der Waals surface area contributed by atoms with Crippen LogP contribution in [0.2, 0.25) is 5.02 Å². The Morgan fingerprint density at radius 2 is 1.71 bits per heavy atom. The van der Waals surface area contributed by atoms with Gasteiger partial charge in [0.2, 0.25) is 5.90 Å². The number of carbonyl (C=O) groups excluding carboxylic acids is 1. The molecule has 174 valence electrons. The van der Waals surface area contributed by atoms with Crippen molar-refractivity contribution in [3.63, 3.8) is 0 Å². The minimum absolute atomic E-state index is 0. The van der Waals surface area contributed by atoms with Gasteiger partial charge in [-0.05, 0) is 41.1 Å². The number of esters is 1. The van der Waals surface area contributed by atoms with Gasteiger partial charge in [0.15, 0.2) is 11.7 Å². The molecule has 3 aromatic rings. The summed E-state index contributed by atoms with van der Waals surface area (Å²) < 4.78 is 5.50. The van der Waals surface area contributed by atoms with E-state index in [-0.39, 0.29) is 12.4 Å². The van der Waals surface area contributed by atoms with E-state index in [0.29, 0.717) is 48.8 Å². The van der Waals surface area contributed by atoms with Crippen LogP contribution in [0.25, 0.3) is 10.8 Å². The van der Waals surface area contributed by atoms with Crippen molar-refractivity contribution in [3.05, 3.63) is 89.2 Å². The Morgan fingerprint density at radius 1 is 1.00 bits per heavy atom. The van der Waals surface area contributed by atoms with Crippen LogP contribution >= 0.6 is 24.0 Å². The summed E-state index contributed by atoms with van der Waals surface area (Å²) in [7, 11) is 0. The van der Waals surface area contributed by atoms with Crippen molar-refractivity contribution >= 4 is 58.3 Å². The molecule has 34 heavy (non-hydrogen) atoms. The molecule has 9 heteroatoms. The summed E-state index contributed by atoms with van der Waals surface area (Å²) >= 11 is 5.92. The van der Waals surface area contributed by atoms with Gasteiger partial charge in [-0.15, -0.1) is 12.4 Å². The van der Waals surface area contributed by atoms with Gasteiger partial charge in [0, 0.05) is 43.0 Å². The van der Waals surface area contributed by atoms with Crippen LogP contribution in [0.4, 0.5) is 5.69 Å². The quantitative estimate of drug-likeness (QED) is 0.253. The number of rotatable bonds is 3. The lowest BCUT2D eigenvalue weighted by atomic mass is 10.0. The Kier molecular flexibility index (Phi) is 7.05. The van der Waals surface area contributed by atoms with E-state index < -0.39 is 5.97 Å². The fraction of sp³-hybridized carbons (Fsp3) is 0.160. The minimum atomic E-state index is -0.441. The summed E-state index contributed by atoms with van der Waals surface area (Å²) in [5, 5.41) is 2.72. The molecule has 0 spiro atoms. The largest absolute Gasteiger partial charge is 0.402 e. The number of aliphatic imine (C=N–C) groups is 2. The second kappa shape index (κ2) is 10.2. The number of halogens is 2. The molecule has 0 aliphatic carbocycles. The maximum atomic E-state index is 12.5. The van der Waals surface area contributed by atoms with Crippen molar-refractivity contribution in [1.82, 2.24) is 9.80 Å². The number of hydrogen-bond acceptors (Lipinski definition) is 5. The van der Waals surface area contributed by atoms with Gasteiger partial charge in [-0.2, -0.15) is 0 Å². The van der Waals surface area contributed by atoms with Crippen molar-refractivity contribution in [3.8, 4) is 0 Å². The Hall–Kier alpha value is -3.55. The number of fused-ring (bicyclic) bond motifs is 1. The molecule has 0 radical (unpaired) electrons. The van der Waals surface area contributed by atoms with Crippen LogP contribution in [-0.2, 0) is 9.53 Å². The first-order valence-corrected chi connectivity index (χ1v) is 11.0. The molecule has 0 bridgehead atoms. The molecule has 0 aromatic heterocycles. The van der Waals surface area contributed by atoms with Gasteiger partial charge in [-0.1, -0.05) is 48.0 Å². The number of carbonyl (C=O) groups is 1. The van der Waals surface area contributed by atoms with E-state index in [4.69, 9.17) is 22.1 Å². The Labute approximate surface area is 208 Å². The van der Waals surface area contributed by atoms with E-state index >= 15 is 0 Å². The maximum absolute atomic E-state index is 12.5. The van der Waals surface area contributed by atoms with Crippen LogP contribution in [-0.4, -0.2) is 53.8 Å². The average molecular weight is 496 g/mol. The summed E-state index contributed by atoms with van der Waals surface area (Å²) in [5.41, 5.74) is 8.05. The molecule has 2 N–H and O–H groups in total. The molecule has 5 rings (SSSR count). The van der Waals surface area contributed by atoms with E-state index in [1.54, 1.807) is 18.3 Å². The van der Waals surface area contributed by atoms with Gasteiger partial charge in [-0.3, -0.25) is 0 Å². The Morgan fingerprint density at radius 3 is 2.47 bits per heavy atom. The Balaban J connectivity index is 0.00000274. The van der Waals surface area contributed by atoms with Crippen molar-refractivity contribution in [2.75, 3.05) is 26.2 Å². The van der Waals surface area contributed by atoms with E-state index in [0.717, 1.165) is 22.0 Å². The predicted octanol–water partition coefficient (Wildman–Crippen LogP) is 4.32. The molecule has 3 aromatic carbocycles. The molecule has 0 unspecified atom stereocenters. The number of nitrogens with two attached hydrogens (primary N) is 1. The SMILES string of the molecule is Cl.NC(=Nc1ccc(Cl)cc1)N1CCN(C=C2N=C(c3cccc4ccccc34)OC2=O)CC1. The predicted molar refractivity (Wildman–Crippen MR) is 138 cm³/mol. The average Bonchev–Trinajstić information content (AvgIpc) is 3.20. The zero-order chi connectivity index (χ0) is 22.8. The Bertz CT molecular complexity index is 1290. The summed E-state index contributed by atoms with van der Waals surface area (Å²) in [6.45, 7) is 2.74. The second-order valence-corrected chi connectivity index (χ2v) is 8.25. The van der Waals surface area contributed by atoms with Crippen LogP contribution in [0.15, 0.2) is 88.6 Å². The zero-order valence-corrected chi connectivity index (χ0v) is 19.8. The number of hydrogen-bond donors (Lipinski definition) is 1. The third-order valence-corrected chi connectivity index (χ3v) is 5.91. The molecule has 0 amide bonds. The molecule has 0 atom stereocenters. The fourth-order valence-electron chi connectivity index (χ4n) is 3.90. The first-order valence-electron chi connectivity index (χ1n) is 10.7. The highest BCUT2D eigenvalue weighted by Gasteiger charge is 2.27. The first kappa shape index (κ1) is 23.6. The first-order chi connectivity index (χ1) is 16.1. The second-order valence-electron chi connectivity index (χ2n) is 7.82. The summed E-state index contributed by atoms with van der Waals surface area (Å²) in [6.07, 6.45) is 1.77. The fourth-order valence-corrected chi connectivity index (χ4v) is 4.02. The molecule has 7 nitrogen and oxygen atoms in total. The zero-order valence-electron chi connectivity index (χ0n) is 18.2. The van der Waals surface area contributed by atoms with E-state index in [2.05, 4.69) is 14.9 Å². The van der Waals surface area contributed by atoms with Crippen molar-refractivity contribution < 1.29 is 9.53 Å². The number of piperazine rings is 1. The third-order valence-electron chi connectivity index (χ3n) is 5.65. The number of ether oxygens (including phenoxy) is 1. The molecule has 1 fully saturated rings. The molecule has 2 aliphatic rings. The topological polar surface area (TPSA) is 83.5 Å². The number of benzene rings is 3. The van der Waals surface area contributed by atoms with Gasteiger partial charge in [-0.25, -0.2) is 14.8 Å². The summed E-state index contributed by atoms with van der Waals surface area (Å²) in [6, 6.07) is 21.1. The number of guanidine groups is 1. The lowest BCUT2D eigenvalue weighted by molar-refractivity contribution is -0.130. The third kappa shape index (κ3) is 5.00. The van der Waals surface area contributed by atoms with Crippen molar-refractivity contribution in [2.45, 2.75) is 0 Å². The standard InChI is InChI=1S/C25H22ClN5O2.ClH/c26-18-8-10-19(11-9-18)28-25(27)31-14-12-30(13-15-31)16-22-24(32)33-23(29-22)21-7-3-5-17-4-1-2-6-20(17)21;/h1-11,16H,12-15H2,(H2,27,28);1H. The summed E-state index contributed by atoms with van der Waals surface area (Å²) in [5.74, 6) is 0.353. The number of cyclic esters (lactones) is 1. The van der Waals surface area contributed by atoms with E-state index in [9.17, 15) is 4.79 Å². The summed E-state index contributed by atoms with van der Waals surface area (Å²) in [4.78, 5) is 25.5. The molecule has 1 saturated heterocycles. The monoisotopic (exact) mass is 495 g/mol. The van der Waals surface area contributed by atoms with E-state index in [1.807, 2.05) is 59.5 Å². The van der Waals surface area contributed by atoms with Crippen LogP contribution in [0.5, 0.6) is 0 Å². The highest BCUT2D eigenvalue weighted by Crippen LogP contribution is 2.24. The lowest BCUT2D eigenvalue weighted by Crippen LogP contribution is -2.49.